The van der Waals surface area contributed by atoms with Crippen LogP contribution in [0.25, 0.3) is 0 Å². The van der Waals surface area contributed by atoms with Crippen molar-refractivity contribution in [1.82, 2.24) is 0 Å². The summed E-state index contributed by atoms with van der Waals surface area (Å²) in [6.45, 7) is 0. The van der Waals surface area contributed by atoms with Crippen LogP contribution in [0.3, 0.4) is 0 Å². The monoisotopic (exact) mass is 233 g/mol. The number of carbonyl (C=O) groups is 2. The molecule has 1 saturated heterocycles. The van der Waals surface area contributed by atoms with E-state index in [2.05, 4.69) is 0 Å². The van der Waals surface area contributed by atoms with Gasteiger partial charge in [0.1, 0.15) is 6.23 Å². The molecule has 4 unspecified atom stereocenters. The van der Waals surface area contributed by atoms with Crippen LogP contribution >= 0.6 is 0 Å². The van der Waals surface area contributed by atoms with Crippen molar-refractivity contribution in [3.8, 4) is 0 Å². The lowest BCUT2D eigenvalue weighted by Crippen LogP contribution is -2.39. The average molecular weight is 233 g/mol. The third-order valence-corrected chi connectivity index (χ3v) is 3.53. The van der Waals surface area contributed by atoms with Crippen molar-refractivity contribution in [3.05, 3.63) is 30.3 Å². The van der Waals surface area contributed by atoms with Crippen LogP contribution in [0.1, 0.15) is 0 Å². The minimum absolute atomic E-state index is 0.291. The zero-order valence-corrected chi connectivity index (χ0v) is 8.85. The van der Waals surface area contributed by atoms with Crippen LogP contribution in [0, 0.1) is 17.8 Å². The van der Waals surface area contributed by atoms with Crippen molar-refractivity contribution in [2.45, 2.75) is 6.23 Å². The van der Waals surface area contributed by atoms with E-state index in [0.29, 0.717) is 5.69 Å². The SMILES string of the molecule is O=C(O)C1C2C(=O)N(c3ccccc3)C(O)C12. The second-order valence-electron chi connectivity index (χ2n) is 4.42. The van der Waals surface area contributed by atoms with Gasteiger partial charge in [0.25, 0.3) is 0 Å². The molecule has 1 saturated carbocycles. The maximum atomic E-state index is 12.0. The quantitative estimate of drug-likeness (QED) is 0.770. The number of rotatable bonds is 2. The first-order valence-corrected chi connectivity index (χ1v) is 5.42. The van der Waals surface area contributed by atoms with Crippen LogP contribution in [0.4, 0.5) is 5.69 Å². The fraction of sp³-hybridized carbons (Fsp3) is 0.333. The second kappa shape index (κ2) is 3.30. The molecule has 0 bridgehead atoms. The van der Waals surface area contributed by atoms with Crippen LogP contribution in [0.2, 0.25) is 0 Å². The number of aliphatic hydroxyl groups excluding tert-OH is 1. The number of fused-ring (bicyclic) bond motifs is 1. The molecule has 1 aliphatic heterocycles. The van der Waals surface area contributed by atoms with Gasteiger partial charge in [-0.05, 0) is 12.1 Å². The van der Waals surface area contributed by atoms with Gasteiger partial charge in [0.05, 0.1) is 11.8 Å². The highest BCUT2D eigenvalue weighted by atomic mass is 16.4. The van der Waals surface area contributed by atoms with E-state index >= 15 is 0 Å². The fourth-order valence-corrected chi connectivity index (χ4v) is 2.67. The highest BCUT2D eigenvalue weighted by molar-refractivity contribution is 6.04. The smallest absolute Gasteiger partial charge is 0.307 e. The van der Waals surface area contributed by atoms with E-state index in [9.17, 15) is 14.7 Å². The number of anilines is 1. The Bertz CT molecular complexity index is 487. The number of para-hydroxylation sites is 1. The van der Waals surface area contributed by atoms with Crippen molar-refractivity contribution in [1.29, 1.82) is 0 Å². The third kappa shape index (κ3) is 1.29. The lowest BCUT2D eigenvalue weighted by Gasteiger charge is -2.24. The van der Waals surface area contributed by atoms with Crippen LogP contribution in [0.15, 0.2) is 30.3 Å². The minimum Gasteiger partial charge on any atom is -0.481 e. The van der Waals surface area contributed by atoms with Crippen LogP contribution in [0.5, 0.6) is 0 Å². The van der Waals surface area contributed by atoms with Gasteiger partial charge < -0.3 is 10.2 Å². The molecule has 1 heterocycles. The number of aliphatic carboxylic acids is 1. The summed E-state index contributed by atoms with van der Waals surface area (Å²) >= 11 is 0. The summed E-state index contributed by atoms with van der Waals surface area (Å²) in [5, 5.41) is 18.9. The van der Waals surface area contributed by atoms with E-state index < -0.39 is 30.0 Å². The number of nitrogens with zero attached hydrogens (tertiary/aromatic N) is 1. The molecule has 2 aliphatic rings. The van der Waals surface area contributed by atoms with Gasteiger partial charge in [0.2, 0.25) is 5.91 Å². The summed E-state index contributed by atoms with van der Waals surface area (Å²) in [5.74, 6) is -3.01. The Morgan fingerprint density at radius 3 is 2.35 bits per heavy atom. The number of carboxylic acids is 1. The van der Waals surface area contributed by atoms with Crippen molar-refractivity contribution in [2.24, 2.45) is 17.8 Å². The molecule has 5 heteroatoms. The van der Waals surface area contributed by atoms with Crippen LogP contribution in [-0.4, -0.2) is 28.3 Å². The number of carbonyl (C=O) groups excluding carboxylic acids is 1. The molecule has 4 atom stereocenters. The molecule has 17 heavy (non-hydrogen) atoms. The van der Waals surface area contributed by atoms with Crippen LogP contribution < -0.4 is 4.90 Å². The molecule has 3 rings (SSSR count). The molecule has 1 amide bonds. The molecule has 1 aliphatic carbocycles. The number of piperidine rings is 1. The van der Waals surface area contributed by atoms with Gasteiger partial charge in [-0.1, -0.05) is 18.2 Å². The number of carboxylic acid groups (broad SMARTS) is 1. The Kier molecular flexibility index (Phi) is 2.00. The zero-order valence-electron chi connectivity index (χ0n) is 8.85. The van der Waals surface area contributed by atoms with Gasteiger partial charge in [-0.25, -0.2) is 0 Å². The first-order chi connectivity index (χ1) is 8.13. The standard InChI is InChI=1S/C12H11NO4/c14-10-7-8(9(7)12(16)17)11(15)13(10)6-4-2-1-3-5-6/h1-5,7-10,14H,(H,16,17). The van der Waals surface area contributed by atoms with Gasteiger partial charge in [-0.15, -0.1) is 0 Å². The molecule has 2 fully saturated rings. The Morgan fingerprint density at radius 2 is 1.88 bits per heavy atom. The average Bonchev–Trinajstić information content (AvgIpc) is 3.00. The predicted octanol–water partition coefficient (Wildman–Crippen LogP) is 0.298. The second-order valence-corrected chi connectivity index (χ2v) is 4.42. The Balaban J connectivity index is 1.89. The summed E-state index contributed by atoms with van der Waals surface area (Å²) in [6, 6.07) is 8.81. The fourth-order valence-electron chi connectivity index (χ4n) is 2.67. The van der Waals surface area contributed by atoms with E-state index in [1.165, 1.54) is 4.90 Å². The van der Waals surface area contributed by atoms with E-state index in [1.807, 2.05) is 6.07 Å². The van der Waals surface area contributed by atoms with E-state index in [-0.39, 0.29) is 5.91 Å². The Hall–Kier alpha value is -1.88. The Labute approximate surface area is 97.3 Å². The third-order valence-electron chi connectivity index (χ3n) is 3.53. The van der Waals surface area contributed by atoms with Crippen molar-refractivity contribution in [2.75, 3.05) is 4.90 Å². The Morgan fingerprint density at radius 1 is 1.24 bits per heavy atom. The minimum atomic E-state index is -1.02. The van der Waals surface area contributed by atoms with Gasteiger partial charge >= 0.3 is 5.97 Å². The predicted molar refractivity (Wildman–Crippen MR) is 58.0 cm³/mol. The van der Waals surface area contributed by atoms with Gasteiger partial charge in [0.15, 0.2) is 0 Å². The normalized spacial score (nSPS) is 34.6. The lowest BCUT2D eigenvalue weighted by molar-refractivity contribution is -0.141. The molecule has 88 valence electrons. The molecule has 1 aromatic rings. The lowest BCUT2D eigenvalue weighted by atomic mass is 10.2. The summed E-state index contributed by atoms with van der Waals surface area (Å²) in [4.78, 5) is 24.1. The molecular formula is C12H11NO4. The maximum absolute atomic E-state index is 12.0. The van der Waals surface area contributed by atoms with Gasteiger partial charge in [-0.2, -0.15) is 0 Å². The molecule has 2 N–H and O–H groups in total. The topological polar surface area (TPSA) is 77.8 Å². The van der Waals surface area contributed by atoms with E-state index in [1.54, 1.807) is 24.3 Å². The number of hydrogen-bond donors (Lipinski definition) is 2. The molecule has 1 aromatic carbocycles. The van der Waals surface area contributed by atoms with E-state index in [0.717, 1.165) is 0 Å². The maximum Gasteiger partial charge on any atom is 0.307 e. The molecule has 0 spiro atoms. The number of amides is 1. The van der Waals surface area contributed by atoms with Crippen LogP contribution in [-0.2, 0) is 9.59 Å². The first kappa shape index (κ1) is 10.3. The zero-order chi connectivity index (χ0) is 12.2. The molecule has 0 aromatic heterocycles. The van der Waals surface area contributed by atoms with Crippen molar-refractivity contribution < 1.29 is 19.8 Å². The first-order valence-electron chi connectivity index (χ1n) is 5.42. The summed E-state index contributed by atoms with van der Waals surface area (Å²) in [5.41, 5.74) is 0.612. The number of aliphatic hydroxyl groups is 1. The van der Waals surface area contributed by atoms with Crippen molar-refractivity contribution >= 4 is 17.6 Å². The number of hydrogen-bond acceptors (Lipinski definition) is 3. The van der Waals surface area contributed by atoms with Gasteiger partial charge in [0, 0.05) is 11.6 Å². The summed E-state index contributed by atoms with van der Waals surface area (Å²) in [7, 11) is 0. The summed E-state index contributed by atoms with van der Waals surface area (Å²) in [6.07, 6.45) is -1.02. The summed E-state index contributed by atoms with van der Waals surface area (Å²) < 4.78 is 0. The van der Waals surface area contributed by atoms with Gasteiger partial charge in [-0.3, -0.25) is 14.5 Å². The highest BCUT2D eigenvalue weighted by Crippen LogP contribution is 2.56. The highest BCUT2D eigenvalue weighted by Gasteiger charge is 2.70. The molecule has 0 radical (unpaired) electrons. The largest absolute Gasteiger partial charge is 0.481 e. The van der Waals surface area contributed by atoms with E-state index in [4.69, 9.17) is 5.11 Å². The van der Waals surface area contributed by atoms with Crippen molar-refractivity contribution in [3.63, 3.8) is 0 Å². The molecule has 5 nitrogen and oxygen atoms in total. The number of benzene rings is 1. The molecular weight excluding hydrogens is 222 g/mol.